The Hall–Kier alpha value is -2.42. The molecule has 1 fully saturated rings. The zero-order valence-electron chi connectivity index (χ0n) is 16.7. The van der Waals surface area contributed by atoms with Gasteiger partial charge in [-0.2, -0.15) is 17.8 Å². The molecule has 1 aliphatic rings. The molecule has 1 aliphatic heterocycles. The minimum atomic E-state index is -3.88. The highest BCUT2D eigenvalue weighted by Crippen LogP contribution is 2.33. The lowest BCUT2D eigenvalue weighted by molar-refractivity contribution is -0.0831. The number of carbonyl (C=O) groups is 1. The molecule has 2 N–H and O–H groups in total. The van der Waals surface area contributed by atoms with Gasteiger partial charge in [-0.3, -0.25) is 0 Å². The molecular formula is C21H27N3O4S. The molecule has 7 nitrogen and oxygen atoms in total. The summed E-state index contributed by atoms with van der Waals surface area (Å²) in [5.74, 6) is 0. The summed E-state index contributed by atoms with van der Waals surface area (Å²) in [5.41, 5.74) is 1.40. The maximum Gasteiger partial charge on any atom is 0.315 e. The summed E-state index contributed by atoms with van der Waals surface area (Å²) in [6.45, 7) is 5.02. The summed E-state index contributed by atoms with van der Waals surface area (Å²) in [4.78, 5) is 12.4. The van der Waals surface area contributed by atoms with Gasteiger partial charge in [0, 0.05) is 19.6 Å². The Labute approximate surface area is 172 Å². The van der Waals surface area contributed by atoms with Crippen LogP contribution in [0, 0.1) is 6.92 Å². The Morgan fingerprint density at radius 1 is 1.07 bits per heavy atom. The number of nitrogens with one attached hydrogen (secondary N) is 2. The first kappa shape index (κ1) is 21.3. The van der Waals surface area contributed by atoms with Crippen LogP contribution in [0.2, 0.25) is 0 Å². The molecule has 1 saturated heterocycles. The predicted octanol–water partition coefficient (Wildman–Crippen LogP) is 2.93. The maximum absolute atomic E-state index is 12.6. The van der Waals surface area contributed by atoms with Crippen molar-refractivity contribution in [3.05, 3.63) is 65.7 Å². The van der Waals surface area contributed by atoms with Crippen LogP contribution in [-0.4, -0.2) is 39.1 Å². The highest BCUT2D eigenvalue weighted by molar-refractivity contribution is 7.86. The molecule has 0 radical (unpaired) electrons. The van der Waals surface area contributed by atoms with Crippen molar-refractivity contribution in [3.63, 3.8) is 0 Å². The molecule has 156 valence electrons. The Morgan fingerprint density at radius 2 is 1.69 bits per heavy atom. The van der Waals surface area contributed by atoms with Gasteiger partial charge in [0.25, 0.3) is 0 Å². The van der Waals surface area contributed by atoms with E-state index in [2.05, 4.69) is 10.6 Å². The number of amides is 2. The number of hydrogen-bond acceptors (Lipinski definition) is 5. The normalized spacial score (nSPS) is 16.9. The third-order valence-electron chi connectivity index (χ3n) is 5.11. The number of piperidine rings is 1. The molecule has 2 amide bonds. The fraction of sp³-hybridized carbons (Fsp3) is 0.381. The van der Waals surface area contributed by atoms with E-state index in [9.17, 15) is 13.2 Å². The van der Waals surface area contributed by atoms with Gasteiger partial charge in [0.1, 0.15) is 0 Å². The SMILES string of the molecule is CCNC(=O)NC1(c2ccccc2)CCN(OS(=O)(=O)c2ccc(C)cc2)CC1. The molecule has 2 aromatic carbocycles. The average molecular weight is 418 g/mol. The first-order valence-corrected chi connectivity index (χ1v) is 11.1. The molecule has 29 heavy (non-hydrogen) atoms. The van der Waals surface area contributed by atoms with Crippen LogP contribution in [-0.2, 0) is 19.9 Å². The van der Waals surface area contributed by atoms with Crippen molar-refractivity contribution in [2.45, 2.75) is 37.1 Å². The number of carbonyl (C=O) groups excluding carboxylic acids is 1. The minimum Gasteiger partial charge on any atom is -0.338 e. The second-order valence-electron chi connectivity index (χ2n) is 7.20. The van der Waals surface area contributed by atoms with Gasteiger partial charge < -0.3 is 10.6 Å². The molecule has 0 spiro atoms. The smallest absolute Gasteiger partial charge is 0.315 e. The molecule has 0 bridgehead atoms. The summed E-state index contributed by atoms with van der Waals surface area (Å²) in [6.07, 6.45) is 1.05. The van der Waals surface area contributed by atoms with E-state index in [-0.39, 0.29) is 10.9 Å². The van der Waals surface area contributed by atoms with Gasteiger partial charge in [0.05, 0.1) is 10.4 Å². The van der Waals surface area contributed by atoms with Crippen molar-refractivity contribution < 1.29 is 17.5 Å². The number of hydroxylamine groups is 2. The molecule has 0 aliphatic carbocycles. The van der Waals surface area contributed by atoms with E-state index >= 15 is 0 Å². The molecule has 1 heterocycles. The summed E-state index contributed by atoms with van der Waals surface area (Å²) in [6, 6.07) is 16.1. The number of aryl methyl sites for hydroxylation is 1. The van der Waals surface area contributed by atoms with Gasteiger partial charge in [-0.05, 0) is 44.4 Å². The van der Waals surface area contributed by atoms with E-state index in [0.717, 1.165) is 11.1 Å². The maximum atomic E-state index is 12.6. The molecule has 8 heteroatoms. The number of rotatable bonds is 6. The average Bonchev–Trinajstić information content (AvgIpc) is 2.70. The van der Waals surface area contributed by atoms with E-state index in [1.165, 1.54) is 5.06 Å². The molecule has 2 aromatic rings. The van der Waals surface area contributed by atoms with Crippen LogP contribution < -0.4 is 10.6 Å². The van der Waals surface area contributed by atoms with Gasteiger partial charge in [0.2, 0.25) is 0 Å². The molecule has 3 rings (SSSR count). The Balaban J connectivity index is 1.73. The molecule has 0 saturated carbocycles. The van der Waals surface area contributed by atoms with Gasteiger partial charge in [-0.25, -0.2) is 4.79 Å². The highest BCUT2D eigenvalue weighted by Gasteiger charge is 2.39. The fourth-order valence-corrected chi connectivity index (χ4v) is 4.48. The number of benzene rings is 2. The topological polar surface area (TPSA) is 87.7 Å². The minimum absolute atomic E-state index is 0.128. The molecular weight excluding hydrogens is 390 g/mol. The lowest BCUT2D eigenvalue weighted by atomic mass is 9.81. The summed E-state index contributed by atoms with van der Waals surface area (Å²) in [5, 5.41) is 7.32. The van der Waals surface area contributed by atoms with Crippen LogP contribution in [0.3, 0.4) is 0 Å². The molecule has 0 atom stereocenters. The third kappa shape index (κ3) is 5.14. The monoisotopic (exact) mass is 417 g/mol. The van der Waals surface area contributed by atoms with Crippen LogP contribution in [0.1, 0.15) is 30.9 Å². The van der Waals surface area contributed by atoms with Crippen LogP contribution >= 0.6 is 0 Å². The second-order valence-corrected chi connectivity index (χ2v) is 8.73. The van der Waals surface area contributed by atoms with Gasteiger partial charge in [-0.15, -0.1) is 0 Å². The largest absolute Gasteiger partial charge is 0.338 e. The lowest BCUT2D eigenvalue weighted by Crippen LogP contribution is -2.55. The summed E-state index contributed by atoms with van der Waals surface area (Å²) in [7, 11) is -3.88. The van der Waals surface area contributed by atoms with E-state index in [1.54, 1.807) is 24.3 Å². The third-order valence-corrected chi connectivity index (χ3v) is 6.36. The number of urea groups is 1. The van der Waals surface area contributed by atoms with E-state index in [1.807, 2.05) is 44.2 Å². The van der Waals surface area contributed by atoms with E-state index in [0.29, 0.717) is 32.5 Å². The van der Waals surface area contributed by atoms with Crippen LogP contribution in [0.15, 0.2) is 59.5 Å². The van der Waals surface area contributed by atoms with E-state index < -0.39 is 15.7 Å². The van der Waals surface area contributed by atoms with Crippen molar-refractivity contribution >= 4 is 16.1 Å². The van der Waals surface area contributed by atoms with Crippen molar-refractivity contribution in [2.24, 2.45) is 0 Å². The Morgan fingerprint density at radius 3 is 2.28 bits per heavy atom. The molecule has 0 aromatic heterocycles. The van der Waals surface area contributed by atoms with Gasteiger partial charge >= 0.3 is 16.1 Å². The second kappa shape index (κ2) is 8.94. The number of hydrogen-bond donors (Lipinski definition) is 2. The van der Waals surface area contributed by atoms with Crippen molar-refractivity contribution in [1.29, 1.82) is 0 Å². The van der Waals surface area contributed by atoms with Gasteiger partial charge in [0.15, 0.2) is 0 Å². The zero-order chi connectivity index (χ0) is 20.9. The van der Waals surface area contributed by atoms with Crippen LogP contribution in [0.5, 0.6) is 0 Å². The van der Waals surface area contributed by atoms with Crippen molar-refractivity contribution in [2.75, 3.05) is 19.6 Å². The quantitative estimate of drug-likeness (QED) is 0.755. The Kier molecular flexibility index (Phi) is 6.56. The van der Waals surface area contributed by atoms with Crippen LogP contribution in [0.25, 0.3) is 0 Å². The first-order valence-electron chi connectivity index (χ1n) is 9.72. The Bertz CT molecular complexity index is 922. The predicted molar refractivity (Wildman–Crippen MR) is 111 cm³/mol. The van der Waals surface area contributed by atoms with E-state index in [4.69, 9.17) is 4.28 Å². The first-order chi connectivity index (χ1) is 13.8. The van der Waals surface area contributed by atoms with Crippen LogP contribution in [0.4, 0.5) is 4.79 Å². The van der Waals surface area contributed by atoms with Gasteiger partial charge in [-0.1, -0.05) is 48.0 Å². The summed E-state index contributed by atoms with van der Waals surface area (Å²) >= 11 is 0. The standard InChI is InChI=1S/C21H27N3O4S/c1-3-22-20(25)23-21(18-7-5-4-6-8-18)13-15-24(16-14-21)28-29(26,27)19-11-9-17(2)10-12-19/h4-12H,3,13-16H2,1-2H3,(H2,22,23,25). The van der Waals surface area contributed by atoms with Crippen molar-refractivity contribution in [3.8, 4) is 0 Å². The zero-order valence-corrected chi connectivity index (χ0v) is 17.5. The number of nitrogens with zero attached hydrogens (tertiary/aromatic N) is 1. The fourth-order valence-electron chi connectivity index (χ4n) is 3.49. The summed E-state index contributed by atoms with van der Waals surface area (Å²) < 4.78 is 30.5. The highest BCUT2D eigenvalue weighted by atomic mass is 32.2. The lowest BCUT2D eigenvalue weighted by Gasteiger charge is -2.41. The van der Waals surface area contributed by atoms with Crippen molar-refractivity contribution in [1.82, 2.24) is 15.7 Å². The molecule has 0 unspecified atom stereocenters.